The van der Waals surface area contributed by atoms with Gasteiger partial charge in [-0.2, -0.15) is 0 Å². The van der Waals surface area contributed by atoms with Gasteiger partial charge in [-0.1, -0.05) is 23.7 Å². The van der Waals surface area contributed by atoms with E-state index in [2.05, 4.69) is 4.74 Å². The Morgan fingerprint density at radius 3 is 2.67 bits per heavy atom. The number of carbonyl (C=O) groups excluding carboxylic acids is 1. The molecular formula is C16H14ClFO3. The molecule has 0 aromatic heterocycles. The molecule has 0 spiro atoms. The van der Waals surface area contributed by atoms with E-state index in [1.807, 2.05) is 13.0 Å². The van der Waals surface area contributed by atoms with Gasteiger partial charge in [-0.3, -0.25) is 0 Å². The van der Waals surface area contributed by atoms with Crippen molar-refractivity contribution in [2.24, 2.45) is 0 Å². The van der Waals surface area contributed by atoms with Gasteiger partial charge in [0, 0.05) is 5.02 Å². The second-order valence-electron chi connectivity index (χ2n) is 4.50. The number of hydrogen-bond donors (Lipinski definition) is 0. The van der Waals surface area contributed by atoms with E-state index in [1.165, 1.54) is 19.2 Å². The molecule has 0 aliphatic rings. The Bertz CT molecular complexity index is 671. The van der Waals surface area contributed by atoms with Gasteiger partial charge in [0.2, 0.25) is 0 Å². The summed E-state index contributed by atoms with van der Waals surface area (Å²) in [5, 5.41) is 0.572. The Labute approximate surface area is 127 Å². The second-order valence-corrected chi connectivity index (χ2v) is 4.94. The minimum absolute atomic E-state index is 0.0970. The highest BCUT2D eigenvalue weighted by atomic mass is 35.5. The van der Waals surface area contributed by atoms with E-state index in [0.29, 0.717) is 16.3 Å². The van der Waals surface area contributed by atoms with Crippen LogP contribution in [0.5, 0.6) is 5.75 Å². The van der Waals surface area contributed by atoms with Crippen LogP contribution in [0.25, 0.3) is 0 Å². The van der Waals surface area contributed by atoms with Gasteiger partial charge in [0.15, 0.2) is 0 Å². The van der Waals surface area contributed by atoms with Crippen molar-refractivity contribution in [3.8, 4) is 5.75 Å². The summed E-state index contributed by atoms with van der Waals surface area (Å²) in [5.74, 6) is -0.698. The number of methoxy groups -OCH3 is 1. The predicted octanol–water partition coefficient (Wildman–Crippen LogP) is 4.15. The third kappa shape index (κ3) is 3.73. The molecule has 5 heteroatoms. The van der Waals surface area contributed by atoms with Crippen LogP contribution in [0.4, 0.5) is 4.39 Å². The zero-order valence-corrected chi connectivity index (χ0v) is 12.4. The molecule has 2 aromatic carbocycles. The molecule has 0 heterocycles. The molecule has 0 saturated heterocycles. The molecule has 3 nitrogen and oxygen atoms in total. The number of esters is 1. The summed E-state index contributed by atoms with van der Waals surface area (Å²) < 4.78 is 23.9. The van der Waals surface area contributed by atoms with Crippen LogP contribution in [0.1, 0.15) is 21.5 Å². The number of ether oxygens (including phenoxy) is 2. The molecule has 0 amide bonds. The van der Waals surface area contributed by atoms with E-state index in [4.69, 9.17) is 16.3 Å². The molecular weight excluding hydrogens is 295 g/mol. The highest BCUT2D eigenvalue weighted by Gasteiger charge is 2.12. The second kappa shape index (κ2) is 6.59. The number of hydrogen-bond acceptors (Lipinski definition) is 3. The summed E-state index contributed by atoms with van der Waals surface area (Å²) in [6.07, 6.45) is 0. The lowest BCUT2D eigenvalue weighted by molar-refractivity contribution is 0.0595. The van der Waals surface area contributed by atoms with Crippen LogP contribution in [-0.2, 0) is 11.3 Å². The van der Waals surface area contributed by atoms with Crippen LogP contribution in [0.2, 0.25) is 5.02 Å². The van der Waals surface area contributed by atoms with Crippen molar-refractivity contribution in [2.45, 2.75) is 13.5 Å². The number of halogens is 2. The van der Waals surface area contributed by atoms with Gasteiger partial charge in [-0.05, 0) is 42.3 Å². The minimum Gasteiger partial charge on any atom is -0.489 e. The van der Waals surface area contributed by atoms with Crippen LogP contribution < -0.4 is 4.74 Å². The lowest BCUT2D eigenvalue weighted by atomic mass is 10.1. The predicted molar refractivity (Wildman–Crippen MR) is 78.3 cm³/mol. The zero-order valence-electron chi connectivity index (χ0n) is 11.7. The summed E-state index contributed by atoms with van der Waals surface area (Å²) in [5.41, 5.74) is 1.45. The zero-order chi connectivity index (χ0) is 15.4. The van der Waals surface area contributed by atoms with E-state index in [9.17, 15) is 9.18 Å². The summed E-state index contributed by atoms with van der Waals surface area (Å²) in [6.45, 7) is 2.08. The molecule has 0 bridgehead atoms. The summed E-state index contributed by atoms with van der Waals surface area (Å²) in [4.78, 5) is 11.3. The average Bonchev–Trinajstić information content (AvgIpc) is 2.47. The van der Waals surface area contributed by atoms with Crippen molar-refractivity contribution in [3.05, 3.63) is 63.9 Å². The average molecular weight is 309 g/mol. The van der Waals surface area contributed by atoms with Crippen molar-refractivity contribution in [3.63, 3.8) is 0 Å². The van der Waals surface area contributed by atoms with Crippen molar-refractivity contribution in [2.75, 3.05) is 7.11 Å². The molecule has 0 aliphatic heterocycles. The molecule has 110 valence electrons. The van der Waals surface area contributed by atoms with Crippen molar-refractivity contribution >= 4 is 17.6 Å². The molecule has 0 saturated carbocycles. The maximum atomic E-state index is 13.8. The highest BCUT2D eigenvalue weighted by molar-refractivity contribution is 6.30. The van der Waals surface area contributed by atoms with Crippen LogP contribution in [0.3, 0.4) is 0 Å². The maximum absolute atomic E-state index is 13.8. The molecule has 2 rings (SSSR count). The third-order valence-electron chi connectivity index (χ3n) is 2.98. The first-order chi connectivity index (χ1) is 10.0. The van der Waals surface area contributed by atoms with Gasteiger partial charge in [0.25, 0.3) is 0 Å². The Morgan fingerprint density at radius 2 is 2.00 bits per heavy atom. The van der Waals surface area contributed by atoms with Crippen LogP contribution in [0.15, 0.2) is 36.4 Å². The molecule has 21 heavy (non-hydrogen) atoms. The minimum atomic E-state index is -0.703. The van der Waals surface area contributed by atoms with Crippen LogP contribution >= 0.6 is 11.6 Å². The first-order valence-electron chi connectivity index (χ1n) is 6.27. The third-order valence-corrected chi connectivity index (χ3v) is 3.22. The SMILES string of the molecule is COC(=O)c1ccc(COc2cc(Cl)ccc2C)cc1F. The van der Waals surface area contributed by atoms with Crippen molar-refractivity contribution in [1.29, 1.82) is 0 Å². The molecule has 0 aliphatic carbocycles. The molecule has 0 atom stereocenters. The number of carbonyl (C=O) groups is 1. The van der Waals surface area contributed by atoms with Crippen LogP contribution in [0, 0.1) is 12.7 Å². The van der Waals surface area contributed by atoms with E-state index in [0.717, 1.165) is 5.56 Å². The van der Waals surface area contributed by atoms with Gasteiger partial charge in [-0.15, -0.1) is 0 Å². The first-order valence-corrected chi connectivity index (χ1v) is 6.64. The molecule has 0 N–H and O–H groups in total. The normalized spacial score (nSPS) is 10.3. The summed E-state index contributed by atoms with van der Waals surface area (Å²) >= 11 is 5.90. The Balaban J connectivity index is 2.12. The van der Waals surface area contributed by atoms with Gasteiger partial charge in [-0.25, -0.2) is 9.18 Å². The van der Waals surface area contributed by atoms with E-state index in [1.54, 1.807) is 18.2 Å². The van der Waals surface area contributed by atoms with E-state index in [-0.39, 0.29) is 12.2 Å². The fourth-order valence-corrected chi connectivity index (χ4v) is 1.98. The van der Waals surface area contributed by atoms with E-state index >= 15 is 0 Å². The lowest BCUT2D eigenvalue weighted by Crippen LogP contribution is -2.06. The fourth-order valence-electron chi connectivity index (χ4n) is 1.81. The molecule has 0 radical (unpaired) electrons. The molecule has 2 aromatic rings. The van der Waals surface area contributed by atoms with Crippen molar-refractivity contribution < 1.29 is 18.7 Å². The van der Waals surface area contributed by atoms with Crippen molar-refractivity contribution in [1.82, 2.24) is 0 Å². The topological polar surface area (TPSA) is 35.5 Å². The van der Waals surface area contributed by atoms with Gasteiger partial charge < -0.3 is 9.47 Å². The molecule has 0 fully saturated rings. The maximum Gasteiger partial charge on any atom is 0.340 e. The first kappa shape index (κ1) is 15.3. The largest absolute Gasteiger partial charge is 0.489 e. The quantitative estimate of drug-likeness (QED) is 0.796. The Kier molecular flexibility index (Phi) is 4.81. The smallest absolute Gasteiger partial charge is 0.340 e. The van der Waals surface area contributed by atoms with Crippen LogP contribution in [-0.4, -0.2) is 13.1 Å². The molecule has 0 unspecified atom stereocenters. The number of rotatable bonds is 4. The standard InChI is InChI=1S/C16H14ClFO3/c1-10-3-5-12(17)8-15(10)21-9-11-4-6-13(14(18)7-11)16(19)20-2/h3-8H,9H2,1-2H3. The monoisotopic (exact) mass is 308 g/mol. The summed E-state index contributed by atoms with van der Waals surface area (Å²) in [7, 11) is 1.21. The number of aryl methyl sites for hydroxylation is 1. The fraction of sp³-hybridized carbons (Fsp3) is 0.188. The number of benzene rings is 2. The summed E-state index contributed by atoms with van der Waals surface area (Å²) in [6, 6.07) is 9.58. The highest BCUT2D eigenvalue weighted by Crippen LogP contribution is 2.23. The Morgan fingerprint density at radius 1 is 1.24 bits per heavy atom. The van der Waals surface area contributed by atoms with Gasteiger partial charge >= 0.3 is 5.97 Å². The van der Waals surface area contributed by atoms with Gasteiger partial charge in [0.05, 0.1) is 12.7 Å². The lowest BCUT2D eigenvalue weighted by Gasteiger charge is -2.10. The van der Waals surface area contributed by atoms with E-state index < -0.39 is 11.8 Å². The Hall–Kier alpha value is -2.07. The van der Waals surface area contributed by atoms with Gasteiger partial charge in [0.1, 0.15) is 18.2 Å².